The molecule has 2 N–H and O–H groups in total. The predicted octanol–water partition coefficient (Wildman–Crippen LogP) is 1.62. The van der Waals surface area contributed by atoms with Gasteiger partial charge in [0.25, 0.3) is 5.91 Å². The first-order chi connectivity index (χ1) is 12.2. The molecule has 26 heavy (non-hydrogen) atoms. The van der Waals surface area contributed by atoms with Crippen LogP contribution in [0.2, 0.25) is 0 Å². The lowest BCUT2D eigenvalue weighted by atomic mass is 10.1. The summed E-state index contributed by atoms with van der Waals surface area (Å²) in [6.45, 7) is 1.87. The average Bonchev–Trinajstić information content (AvgIpc) is 3.14. The van der Waals surface area contributed by atoms with E-state index in [-0.39, 0.29) is 24.3 Å². The van der Waals surface area contributed by atoms with Crippen LogP contribution in [0.25, 0.3) is 0 Å². The highest BCUT2D eigenvalue weighted by Crippen LogP contribution is 2.34. The van der Waals surface area contributed by atoms with Crippen molar-refractivity contribution in [1.29, 1.82) is 0 Å². The molecule has 1 aromatic heterocycles. The van der Waals surface area contributed by atoms with E-state index in [1.165, 1.54) is 16.4 Å². The van der Waals surface area contributed by atoms with Crippen molar-refractivity contribution >= 4 is 27.6 Å². The van der Waals surface area contributed by atoms with Gasteiger partial charge in [0, 0.05) is 11.6 Å². The number of aromatic carboxylic acids is 1. The summed E-state index contributed by atoms with van der Waals surface area (Å²) in [5.41, 5.74) is 1.78. The van der Waals surface area contributed by atoms with Gasteiger partial charge in [-0.1, -0.05) is 0 Å². The van der Waals surface area contributed by atoms with Crippen LogP contribution < -0.4 is 9.62 Å². The van der Waals surface area contributed by atoms with Gasteiger partial charge in [0.15, 0.2) is 0 Å². The fraction of sp³-hybridized carbons (Fsp3) is 0.294. The standard InChI is InChI=1S/C17H18N2O6S/c1-10-7-12-8-11(3-5-14(12)19(10)26(2,23)24)16(20)18-9-13-4-6-15(25-13)17(21)22/h3-6,8,10H,7,9H2,1-2H3,(H,18,20)(H,21,22)/t10-/m1/s1. The molecule has 1 aromatic carbocycles. The summed E-state index contributed by atoms with van der Waals surface area (Å²) in [7, 11) is -3.38. The number of carbonyl (C=O) groups excluding carboxylic acids is 1. The number of nitrogens with zero attached hydrogens (tertiary/aromatic N) is 1. The van der Waals surface area contributed by atoms with Crippen LogP contribution >= 0.6 is 0 Å². The van der Waals surface area contributed by atoms with E-state index in [1.807, 2.05) is 6.92 Å². The smallest absolute Gasteiger partial charge is 0.371 e. The summed E-state index contributed by atoms with van der Waals surface area (Å²) in [4.78, 5) is 23.1. The van der Waals surface area contributed by atoms with Crippen molar-refractivity contribution in [3.8, 4) is 0 Å². The number of benzene rings is 1. The first-order valence-corrected chi connectivity index (χ1v) is 9.74. The van der Waals surface area contributed by atoms with Gasteiger partial charge in [0.2, 0.25) is 15.8 Å². The highest BCUT2D eigenvalue weighted by atomic mass is 32.2. The zero-order valence-electron chi connectivity index (χ0n) is 14.2. The first kappa shape index (κ1) is 18.0. The van der Waals surface area contributed by atoms with E-state index >= 15 is 0 Å². The zero-order chi connectivity index (χ0) is 19.1. The fourth-order valence-corrected chi connectivity index (χ4v) is 4.37. The molecule has 9 heteroatoms. The van der Waals surface area contributed by atoms with E-state index in [4.69, 9.17) is 9.52 Å². The Hall–Kier alpha value is -2.81. The number of nitrogens with one attached hydrogen (secondary N) is 1. The molecule has 0 spiro atoms. The molecular formula is C17H18N2O6S. The van der Waals surface area contributed by atoms with Gasteiger partial charge in [-0.3, -0.25) is 9.10 Å². The van der Waals surface area contributed by atoms with E-state index in [9.17, 15) is 18.0 Å². The van der Waals surface area contributed by atoms with E-state index in [1.54, 1.807) is 18.2 Å². The lowest BCUT2D eigenvalue weighted by molar-refractivity contribution is 0.0660. The van der Waals surface area contributed by atoms with Gasteiger partial charge in [-0.2, -0.15) is 0 Å². The number of carboxylic acids is 1. The van der Waals surface area contributed by atoms with E-state index < -0.39 is 16.0 Å². The van der Waals surface area contributed by atoms with Gasteiger partial charge < -0.3 is 14.8 Å². The zero-order valence-corrected chi connectivity index (χ0v) is 15.0. The van der Waals surface area contributed by atoms with Gasteiger partial charge in [-0.15, -0.1) is 0 Å². The second-order valence-electron chi connectivity index (χ2n) is 6.21. The van der Waals surface area contributed by atoms with Crippen molar-refractivity contribution in [3.63, 3.8) is 0 Å². The minimum absolute atomic E-state index is 0.0507. The monoisotopic (exact) mass is 378 g/mol. The third kappa shape index (κ3) is 3.43. The first-order valence-electron chi connectivity index (χ1n) is 7.89. The maximum atomic E-state index is 12.3. The molecule has 0 aliphatic carbocycles. The third-order valence-electron chi connectivity index (χ3n) is 4.15. The molecule has 0 unspecified atom stereocenters. The summed E-state index contributed by atoms with van der Waals surface area (Å²) in [5.74, 6) is -1.40. The Kier molecular flexibility index (Phi) is 4.49. The number of furan rings is 1. The highest BCUT2D eigenvalue weighted by Gasteiger charge is 2.32. The summed E-state index contributed by atoms with van der Waals surface area (Å²) < 4.78 is 30.3. The second-order valence-corrected chi connectivity index (χ2v) is 8.07. The van der Waals surface area contributed by atoms with Crippen molar-refractivity contribution in [1.82, 2.24) is 5.32 Å². The molecule has 2 aromatic rings. The Balaban J connectivity index is 1.73. The molecule has 2 heterocycles. The predicted molar refractivity (Wildman–Crippen MR) is 93.8 cm³/mol. The number of amides is 1. The second kappa shape index (κ2) is 6.49. The van der Waals surface area contributed by atoms with Gasteiger partial charge >= 0.3 is 5.97 Å². The van der Waals surface area contributed by atoms with Crippen molar-refractivity contribution in [2.24, 2.45) is 0 Å². The third-order valence-corrected chi connectivity index (χ3v) is 5.42. The summed E-state index contributed by atoms with van der Waals surface area (Å²) in [5, 5.41) is 11.5. The van der Waals surface area contributed by atoms with E-state index in [0.717, 1.165) is 11.8 Å². The number of hydrogen-bond acceptors (Lipinski definition) is 5. The number of carbonyl (C=O) groups is 2. The number of sulfonamides is 1. The Bertz CT molecular complexity index is 979. The van der Waals surface area contributed by atoms with Crippen LogP contribution in [0, 0.1) is 0 Å². The van der Waals surface area contributed by atoms with Crippen LogP contribution in [0.4, 0.5) is 5.69 Å². The van der Waals surface area contributed by atoms with Gasteiger partial charge in [0.05, 0.1) is 18.5 Å². The summed E-state index contributed by atoms with van der Waals surface area (Å²) in [6, 6.07) is 7.48. The fourth-order valence-electron chi connectivity index (χ4n) is 3.11. The number of rotatable bonds is 5. The molecule has 1 amide bonds. The number of carboxylic acid groups (broad SMARTS) is 1. The molecule has 0 saturated heterocycles. The van der Waals surface area contributed by atoms with Crippen molar-refractivity contribution in [3.05, 3.63) is 53.0 Å². The Morgan fingerprint density at radius 3 is 2.65 bits per heavy atom. The largest absolute Gasteiger partial charge is 0.475 e. The number of hydrogen-bond donors (Lipinski definition) is 2. The van der Waals surface area contributed by atoms with Crippen LogP contribution in [-0.2, 0) is 23.0 Å². The molecule has 0 radical (unpaired) electrons. The maximum absolute atomic E-state index is 12.3. The van der Waals surface area contributed by atoms with Gasteiger partial charge in [-0.25, -0.2) is 13.2 Å². The molecule has 1 aliphatic heterocycles. The van der Waals surface area contributed by atoms with Crippen LogP contribution in [0.15, 0.2) is 34.7 Å². The molecule has 3 rings (SSSR count). The SMILES string of the molecule is C[C@@H]1Cc2cc(C(=O)NCc3ccc(C(=O)O)o3)ccc2N1S(C)(=O)=O. The Morgan fingerprint density at radius 1 is 1.31 bits per heavy atom. The van der Waals surface area contributed by atoms with Crippen molar-refractivity contribution in [2.75, 3.05) is 10.6 Å². The van der Waals surface area contributed by atoms with Crippen LogP contribution in [0.5, 0.6) is 0 Å². The highest BCUT2D eigenvalue weighted by molar-refractivity contribution is 7.92. The molecule has 138 valence electrons. The van der Waals surface area contributed by atoms with E-state index in [2.05, 4.69) is 5.32 Å². The quantitative estimate of drug-likeness (QED) is 0.816. The van der Waals surface area contributed by atoms with Gasteiger partial charge in [0.1, 0.15) is 5.76 Å². The lowest BCUT2D eigenvalue weighted by Crippen LogP contribution is -2.34. The van der Waals surface area contributed by atoms with Crippen molar-refractivity contribution < 1.29 is 27.5 Å². The molecule has 1 atom stereocenters. The molecule has 0 fully saturated rings. The minimum atomic E-state index is -3.38. The minimum Gasteiger partial charge on any atom is -0.475 e. The van der Waals surface area contributed by atoms with E-state index in [0.29, 0.717) is 23.4 Å². The molecular weight excluding hydrogens is 360 g/mol. The van der Waals surface area contributed by atoms with Crippen LogP contribution in [-0.4, -0.2) is 37.7 Å². The molecule has 1 aliphatic rings. The number of anilines is 1. The maximum Gasteiger partial charge on any atom is 0.371 e. The molecule has 8 nitrogen and oxygen atoms in total. The van der Waals surface area contributed by atoms with Gasteiger partial charge in [-0.05, 0) is 49.2 Å². The average molecular weight is 378 g/mol. The Morgan fingerprint density at radius 2 is 2.04 bits per heavy atom. The van der Waals surface area contributed by atoms with Crippen molar-refractivity contribution in [2.45, 2.75) is 25.9 Å². The van der Waals surface area contributed by atoms with Crippen LogP contribution in [0.3, 0.4) is 0 Å². The topological polar surface area (TPSA) is 117 Å². The molecule has 0 bridgehead atoms. The summed E-state index contributed by atoms with van der Waals surface area (Å²) >= 11 is 0. The lowest BCUT2D eigenvalue weighted by Gasteiger charge is -2.21. The van der Waals surface area contributed by atoms with Crippen LogP contribution in [0.1, 0.15) is 39.2 Å². The normalized spacial score (nSPS) is 16.4. The number of fused-ring (bicyclic) bond motifs is 1. The molecule has 0 saturated carbocycles. The Labute approximate surface area is 150 Å². The summed E-state index contributed by atoms with van der Waals surface area (Å²) in [6.07, 6.45) is 1.69.